The molecule has 1 aliphatic heterocycles. The van der Waals surface area contributed by atoms with Crippen LogP contribution < -0.4 is 4.90 Å². The summed E-state index contributed by atoms with van der Waals surface area (Å²) >= 11 is 0. The van der Waals surface area contributed by atoms with Gasteiger partial charge in [0.05, 0.1) is 5.52 Å². The van der Waals surface area contributed by atoms with E-state index in [2.05, 4.69) is 35.6 Å². The molecule has 0 saturated carbocycles. The average molecular weight is 287 g/mol. The zero-order valence-electron chi connectivity index (χ0n) is 12.9. The normalized spacial score (nSPS) is 17.4. The van der Waals surface area contributed by atoms with E-state index in [0.29, 0.717) is 0 Å². The molecule has 3 rings (SSSR count). The summed E-state index contributed by atoms with van der Waals surface area (Å²) in [5.41, 5.74) is 2.15. The highest BCUT2D eigenvalue weighted by atomic mass is 19.1. The predicted octanol–water partition coefficient (Wildman–Crippen LogP) is 3.29. The van der Waals surface area contributed by atoms with Crippen LogP contribution in [0.15, 0.2) is 30.5 Å². The number of piperazine rings is 1. The molecular formula is C17H22FN3. The molecule has 112 valence electrons. The zero-order chi connectivity index (χ0) is 15.0. The molecule has 2 heterocycles. The van der Waals surface area contributed by atoms with Crippen molar-refractivity contribution in [3.05, 3.63) is 36.3 Å². The fraction of sp³-hybridized carbons (Fsp3) is 0.471. The molecule has 1 fully saturated rings. The second-order valence-electron chi connectivity index (χ2n) is 6.64. The van der Waals surface area contributed by atoms with Crippen LogP contribution in [0.25, 0.3) is 10.9 Å². The van der Waals surface area contributed by atoms with Crippen molar-refractivity contribution in [3.8, 4) is 0 Å². The number of halogens is 1. The first kappa shape index (κ1) is 14.3. The molecule has 2 aromatic rings. The van der Waals surface area contributed by atoms with Crippen LogP contribution >= 0.6 is 0 Å². The van der Waals surface area contributed by atoms with Gasteiger partial charge in [-0.1, -0.05) is 0 Å². The molecule has 0 unspecified atom stereocenters. The Bertz CT molecular complexity index is 640. The average Bonchev–Trinajstić information content (AvgIpc) is 2.46. The van der Waals surface area contributed by atoms with E-state index in [1.165, 1.54) is 6.07 Å². The van der Waals surface area contributed by atoms with E-state index in [9.17, 15) is 4.39 Å². The summed E-state index contributed by atoms with van der Waals surface area (Å²) in [5.74, 6) is -0.204. The Morgan fingerprint density at radius 1 is 1.05 bits per heavy atom. The molecule has 1 aromatic carbocycles. The lowest BCUT2D eigenvalue weighted by Crippen LogP contribution is -2.53. The van der Waals surface area contributed by atoms with Crippen LogP contribution in [-0.2, 0) is 0 Å². The molecule has 21 heavy (non-hydrogen) atoms. The van der Waals surface area contributed by atoms with Crippen molar-refractivity contribution in [2.24, 2.45) is 0 Å². The molecular weight excluding hydrogens is 265 g/mol. The Balaban J connectivity index is 1.87. The van der Waals surface area contributed by atoms with Crippen LogP contribution in [0.1, 0.15) is 20.8 Å². The lowest BCUT2D eigenvalue weighted by molar-refractivity contribution is 0.128. The largest absolute Gasteiger partial charge is 0.368 e. The van der Waals surface area contributed by atoms with Gasteiger partial charge in [-0.3, -0.25) is 9.88 Å². The minimum absolute atomic E-state index is 0.204. The number of anilines is 1. The third-order valence-corrected chi connectivity index (χ3v) is 4.25. The van der Waals surface area contributed by atoms with Crippen molar-refractivity contribution in [3.63, 3.8) is 0 Å². The van der Waals surface area contributed by atoms with Crippen LogP contribution in [0.2, 0.25) is 0 Å². The molecule has 0 spiro atoms. The van der Waals surface area contributed by atoms with E-state index in [1.54, 1.807) is 12.1 Å². The first-order valence-corrected chi connectivity index (χ1v) is 7.49. The standard InChI is InChI=1S/C17H22FN3/c1-17(2,3)21-10-8-20(9-11-21)16-6-7-19-15-5-4-13(18)12-14(15)16/h4-7,12H,8-11H2,1-3H3. The second-order valence-corrected chi connectivity index (χ2v) is 6.64. The van der Waals surface area contributed by atoms with Gasteiger partial charge < -0.3 is 4.90 Å². The number of fused-ring (bicyclic) bond motifs is 1. The molecule has 0 bridgehead atoms. The van der Waals surface area contributed by atoms with Crippen molar-refractivity contribution >= 4 is 16.6 Å². The number of benzene rings is 1. The van der Waals surface area contributed by atoms with Crippen LogP contribution in [0, 0.1) is 5.82 Å². The Hall–Kier alpha value is -1.68. The number of rotatable bonds is 1. The summed E-state index contributed by atoms with van der Waals surface area (Å²) in [7, 11) is 0. The fourth-order valence-electron chi connectivity index (χ4n) is 3.00. The van der Waals surface area contributed by atoms with Gasteiger partial charge in [0.1, 0.15) is 5.82 Å². The molecule has 4 heteroatoms. The van der Waals surface area contributed by atoms with Crippen molar-refractivity contribution in [1.82, 2.24) is 9.88 Å². The Kier molecular flexibility index (Phi) is 3.57. The molecule has 0 atom stereocenters. The third kappa shape index (κ3) is 2.86. The first-order chi connectivity index (χ1) is 9.95. The highest BCUT2D eigenvalue weighted by molar-refractivity contribution is 5.91. The van der Waals surface area contributed by atoms with E-state index in [0.717, 1.165) is 42.8 Å². The lowest BCUT2D eigenvalue weighted by atomic mass is 10.0. The summed E-state index contributed by atoms with van der Waals surface area (Å²) in [6.07, 6.45) is 1.81. The van der Waals surface area contributed by atoms with E-state index < -0.39 is 0 Å². The smallest absolute Gasteiger partial charge is 0.124 e. The second kappa shape index (κ2) is 5.26. The molecule has 1 saturated heterocycles. The summed E-state index contributed by atoms with van der Waals surface area (Å²) in [5, 5.41) is 0.904. The SMILES string of the molecule is CC(C)(C)N1CCN(c2ccnc3ccc(F)cc23)CC1. The summed E-state index contributed by atoms with van der Waals surface area (Å²) in [6, 6.07) is 6.80. The van der Waals surface area contributed by atoms with Gasteiger partial charge >= 0.3 is 0 Å². The fourth-order valence-corrected chi connectivity index (χ4v) is 3.00. The van der Waals surface area contributed by atoms with Crippen LogP contribution in [-0.4, -0.2) is 41.6 Å². The number of aromatic nitrogens is 1. The topological polar surface area (TPSA) is 19.4 Å². The van der Waals surface area contributed by atoms with Gasteiger partial charge in [0.2, 0.25) is 0 Å². The van der Waals surface area contributed by atoms with Gasteiger partial charge in [-0.25, -0.2) is 4.39 Å². The molecule has 3 nitrogen and oxygen atoms in total. The van der Waals surface area contributed by atoms with Gasteiger partial charge in [0, 0.05) is 49.0 Å². The predicted molar refractivity (Wildman–Crippen MR) is 85.2 cm³/mol. The Labute approximate surface area is 125 Å². The van der Waals surface area contributed by atoms with Crippen LogP contribution in [0.5, 0.6) is 0 Å². The van der Waals surface area contributed by atoms with E-state index in [4.69, 9.17) is 0 Å². The Morgan fingerprint density at radius 3 is 2.43 bits per heavy atom. The number of hydrogen-bond acceptors (Lipinski definition) is 3. The van der Waals surface area contributed by atoms with E-state index >= 15 is 0 Å². The maximum absolute atomic E-state index is 13.5. The van der Waals surface area contributed by atoms with Crippen molar-refractivity contribution < 1.29 is 4.39 Å². The summed E-state index contributed by atoms with van der Waals surface area (Å²) < 4.78 is 13.5. The number of hydrogen-bond donors (Lipinski definition) is 0. The lowest BCUT2D eigenvalue weighted by Gasteiger charge is -2.43. The van der Waals surface area contributed by atoms with Gasteiger partial charge in [0.25, 0.3) is 0 Å². The van der Waals surface area contributed by atoms with Gasteiger partial charge in [-0.15, -0.1) is 0 Å². The number of nitrogens with zero attached hydrogens (tertiary/aromatic N) is 3. The maximum atomic E-state index is 13.5. The summed E-state index contributed by atoms with van der Waals surface area (Å²) in [6.45, 7) is 10.7. The molecule has 0 amide bonds. The van der Waals surface area contributed by atoms with E-state index in [1.807, 2.05) is 12.3 Å². The minimum atomic E-state index is -0.204. The van der Waals surface area contributed by atoms with Crippen molar-refractivity contribution in [2.75, 3.05) is 31.1 Å². The monoisotopic (exact) mass is 287 g/mol. The zero-order valence-corrected chi connectivity index (χ0v) is 12.9. The van der Waals surface area contributed by atoms with Gasteiger partial charge in [0.15, 0.2) is 0 Å². The van der Waals surface area contributed by atoms with Crippen molar-refractivity contribution in [2.45, 2.75) is 26.3 Å². The first-order valence-electron chi connectivity index (χ1n) is 7.49. The number of pyridine rings is 1. The van der Waals surface area contributed by atoms with Crippen molar-refractivity contribution in [1.29, 1.82) is 0 Å². The molecule has 0 aliphatic carbocycles. The van der Waals surface area contributed by atoms with Gasteiger partial charge in [-0.2, -0.15) is 0 Å². The van der Waals surface area contributed by atoms with E-state index in [-0.39, 0.29) is 11.4 Å². The summed E-state index contributed by atoms with van der Waals surface area (Å²) in [4.78, 5) is 9.16. The van der Waals surface area contributed by atoms with Crippen LogP contribution in [0.4, 0.5) is 10.1 Å². The Morgan fingerprint density at radius 2 is 1.76 bits per heavy atom. The maximum Gasteiger partial charge on any atom is 0.124 e. The molecule has 0 N–H and O–H groups in total. The highest BCUT2D eigenvalue weighted by Gasteiger charge is 2.26. The molecule has 1 aliphatic rings. The third-order valence-electron chi connectivity index (χ3n) is 4.25. The minimum Gasteiger partial charge on any atom is -0.368 e. The van der Waals surface area contributed by atoms with Crippen LogP contribution in [0.3, 0.4) is 0 Å². The highest BCUT2D eigenvalue weighted by Crippen LogP contribution is 2.28. The molecule has 1 aromatic heterocycles. The quantitative estimate of drug-likeness (QED) is 0.802. The van der Waals surface area contributed by atoms with Gasteiger partial charge in [-0.05, 0) is 45.0 Å². The molecule has 0 radical (unpaired) electrons.